The van der Waals surface area contributed by atoms with Gasteiger partial charge in [-0.2, -0.15) is 4.98 Å². The zero-order valence-electron chi connectivity index (χ0n) is 22.0. The summed E-state index contributed by atoms with van der Waals surface area (Å²) < 4.78 is 5.68. The maximum atomic E-state index is 13.2. The number of hydrogen-bond acceptors (Lipinski definition) is 7. The molecule has 1 atom stereocenters. The molecular weight excluding hydrogens is 468 g/mol. The summed E-state index contributed by atoms with van der Waals surface area (Å²) in [5.74, 6) is 2.05. The first kappa shape index (κ1) is 24.0. The van der Waals surface area contributed by atoms with Gasteiger partial charge in [-0.1, -0.05) is 32.6 Å². The van der Waals surface area contributed by atoms with Crippen LogP contribution >= 0.6 is 0 Å². The van der Waals surface area contributed by atoms with E-state index in [-0.39, 0.29) is 17.9 Å². The molecule has 2 saturated carbocycles. The van der Waals surface area contributed by atoms with E-state index in [0.717, 1.165) is 60.4 Å². The van der Waals surface area contributed by atoms with Gasteiger partial charge in [0.25, 0.3) is 5.91 Å². The molecule has 2 aliphatic carbocycles. The Labute approximate surface area is 218 Å². The Hall–Kier alpha value is -3.36. The molecular formula is C28H36N6O3. The number of ether oxygens (including phenoxy) is 1. The molecule has 0 saturated heterocycles. The molecule has 9 nitrogen and oxygen atoms in total. The van der Waals surface area contributed by atoms with Gasteiger partial charge in [-0.3, -0.25) is 9.59 Å². The van der Waals surface area contributed by atoms with E-state index >= 15 is 0 Å². The Bertz CT molecular complexity index is 1220. The summed E-state index contributed by atoms with van der Waals surface area (Å²) in [6.07, 6.45) is 11.5. The molecule has 37 heavy (non-hydrogen) atoms. The molecule has 2 aliphatic heterocycles. The number of methoxy groups -OCH3 is 1. The van der Waals surface area contributed by atoms with Gasteiger partial charge >= 0.3 is 0 Å². The van der Waals surface area contributed by atoms with E-state index in [9.17, 15) is 9.59 Å². The summed E-state index contributed by atoms with van der Waals surface area (Å²) in [6, 6.07) is 4.27. The number of nitrogens with one attached hydrogen (secondary N) is 1. The average molecular weight is 505 g/mol. The van der Waals surface area contributed by atoms with Gasteiger partial charge in [0.05, 0.1) is 19.0 Å². The molecule has 1 aromatic carbocycles. The van der Waals surface area contributed by atoms with Crippen LogP contribution in [0.2, 0.25) is 0 Å². The first-order valence-corrected chi connectivity index (χ1v) is 13.7. The van der Waals surface area contributed by atoms with Gasteiger partial charge in [-0.15, -0.1) is 0 Å². The fourth-order valence-corrected chi connectivity index (χ4v) is 6.71. The minimum Gasteiger partial charge on any atom is -0.495 e. The summed E-state index contributed by atoms with van der Waals surface area (Å²) in [6.45, 7) is 2.69. The number of rotatable bonds is 6. The van der Waals surface area contributed by atoms with Crippen molar-refractivity contribution in [2.45, 2.75) is 89.4 Å². The highest BCUT2D eigenvalue weighted by Crippen LogP contribution is 2.41. The highest BCUT2D eigenvalue weighted by atomic mass is 16.5. The van der Waals surface area contributed by atoms with Gasteiger partial charge in [0.15, 0.2) is 5.82 Å². The smallest absolute Gasteiger partial charge is 0.254 e. The number of hydrogen-bond donors (Lipinski definition) is 1. The van der Waals surface area contributed by atoms with E-state index in [1.807, 2.05) is 24.1 Å². The number of nitrogens with zero attached hydrogens (tertiary/aromatic N) is 5. The van der Waals surface area contributed by atoms with Gasteiger partial charge in [-0.25, -0.2) is 4.98 Å². The third-order valence-electron chi connectivity index (χ3n) is 8.68. The molecule has 3 heterocycles. The van der Waals surface area contributed by atoms with Crippen molar-refractivity contribution >= 4 is 35.0 Å². The lowest BCUT2D eigenvalue weighted by atomic mass is 10.0. The second-order valence-electron chi connectivity index (χ2n) is 10.8. The fraction of sp³-hybridized carbons (Fsp3) is 0.571. The topological polar surface area (TPSA) is 90.9 Å². The standard InChI is InChI=1S/C28H36N6O3/c1-4-22-27(36)32(2)23-15-29-28(31-25(23)34(22)19-11-7-8-12-19)30-21-13-17-16-33(18-9-5-6-10-18)26(35)20(17)14-24(21)37-3/h13-15,18-19,22H,4-12,16H2,1-3H3,(H,29,30,31)/t22-/m1/s1. The number of carbonyl (C=O) groups excluding carboxylic acids is 2. The predicted molar refractivity (Wildman–Crippen MR) is 143 cm³/mol. The van der Waals surface area contributed by atoms with Crippen LogP contribution in [0.15, 0.2) is 18.3 Å². The van der Waals surface area contributed by atoms with Crippen molar-refractivity contribution in [1.29, 1.82) is 0 Å². The van der Waals surface area contributed by atoms with Crippen LogP contribution in [0.4, 0.5) is 23.1 Å². The quantitative estimate of drug-likeness (QED) is 0.613. The van der Waals surface area contributed by atoms with Crippen molar-refractivity contribution in [3.63, 3.8) is 0 Å². The Balaban J connectivity index is 1.33. The molecule has 196 valence electrons. The largest absolute Gasteiger partial charge is 0.495 e. The zero-order chi connectivity index (χ0) is 25.7. The lowest BCUT2D eigenvalue weighted by Gasteiger charge is -2.43. The lowest BCUT2D eigenvalue weighted by molar-refractivity contribution is -0.120. The summed E-state index contributed by atoms with van der Waals surface area (Å²) in [5.41, 5.74) is 3.20. The van der Waals surface area contributed by atoms with E-state index < -0.39 is 0 Å². The molecule has 0 bridgehead atoms. The van der Waals surface area contributed by atoms with Crippen LogP contribution < -0.4 is 19.9 Å². The summed E-state index contributed by atoms with van der Waals surface area (Å²) >= 11 is 0. The van der Waals surface area contributed by atoms with Crippen LogP contribution in [0.5, 0.6) is 5.75 Å². The number of fused-ring (bicyclic) bond motifs is 2. The highest BCUT2D eigenvalue weighted by molar-refractivity contribution is 6.04. The van der Waals surface area contributed by atoms with E-state index in [1.165, 1.54) is 25.7 Å². The maximum absolute atomic E-state index is 13.2. The second-order valence-corrected chi connectivity index (χ2v) is 10.8. The highest BCUT2D eigenvalue weighted by Gasteiger charge is 2.41. The molecule has 0 spiro atoms. The Kier molecular flexibility index (Phi) is 6.16. The molecule has 2 fully saturated rings. The van der Waals surface area contributed by atoms with Gasteiger partial charge in [-0.05, 0) is 49.8 Å². The maximum Gasteiger partial charge on any atom is 0.254 e. The molecule has 6 rings (SSSR count). The number of likely N-dealkylation sites (N-methyl/N-ethyl adjacent to an activating group) is 1. The molecule has 2 aromatic rings. The number of benzene rings is 1. The lowest BCUT2D eigenvalue weighted by Crippen LogP contribution is -2.55. The van der Waals surface area contributed by atoms with Gasteiger partial charge in [0.2, 0.25) is 11.9 Å². The van der Waals surface area contributed by atoms with Crippen LogP contribution in [-0.2, 0) is 11.3 Å². The van der Waals surface area contributed by atoms with Crippen molar-refractivity contribution in [3.8, 4) is 5.75 Å². The minimum absolute atomic E-state index is 0.0993. The molecule has 0 unspecified atom stereocenters. The summed E-state index contributed by atoms with van der Waals surface area (Å²) in [7, 11) is 3.42. The third kappa shape index (κ3) is 3.99. The Morgan fingerprint density at radius 3 is 2.43 bits per heavy atom. The van der Waals surface area contributed by atoms with E-state index in [2.05, 4.69) is 22.1 Å². The average Bonchev–Trinajstić information content (AvgIpc) is 3.68. The van der Waals surface area contributed by atoms with Crippen molar-refractivity contribution < 1.29 is 14.3 Å². The van der Waals surface area contributed by atoms with Gasteiger partial charge in [0, 0.05) is 31.2 Å². The minimum atomic E-state index is -0.217. The van der Waals surface area contributed by atoms with E-state index in [4.69, 9.17) is 9.72 Å². The molecule has 4 aliphatic rings. The number of carbonyl (C=O) groups is 2. The van der Waals surface area contributed by atoms with Crippen molar-refractivity contribution in [3.05, 3.63) is 29.5 Å². The Morgan fingerprint density at radius 2 is 1.76 bits per heavy atom. The third-order valence-corrected chi connectivity index (χ3v) is 8.68. The molecule has 9 heteroatoms. The second kappa shape index (κ2) is 9.50. The molecule has 2 amide bonds. The van der Waals surface area contributed by atoms with Crippen LogP contribution in [-0.4, -0.2) is 59.0 Å². The Morgan fingerprint density at radius 1 is 1.05 bits per heavy atom. The van der Waals surface area contributed by atoms with Crippen LogP contribution in [0.1, 0.15) is 80.6 Å². The molecule has 1 N–H and O–H groups in total. The van der Waals surface area contributed by atoms with Gasteiger partial charge < -0.3 is 24.8 Å². The SMILES string of the molecule is CC[C@@H]1C(=O)N(C)c2cnc(Nc3cc4c(cc3OC)C(=O)N(C3CCCC3)C4)nc2N1C1CCCC1. The zero-order valence-corrected chi connectivity index (χ0v) is 22.0. The summed E-state index contributed by atoms with van der Waals surface area (Å²) in [4.78, 5) is 41.8. The fourth-order valence-electron chi connectivity index (χ4n) is 6.71. The van der Waals surface area contributed by atoms with Crippen molar-refractivity contribution in [2.75, 3.05) is 29.3 Å². The molecule has 0 radical (unpaired) electrons. The van der Waals surface area contributed by atoms with Crippen LogP contribution in [0, 0.1) is 0 Å². The summed E-state index contributed by atoms with van der Waals surface area (Å²) in [5, 5.41) is 3.37. The van der Waals surface area contributed by atoms with E-state index in [1.54, 1.807) is 18.2 Å². The number of aromatic nitrogens is 2. The van der Waals surface area contributed by atoms with Crippen LogP contribution in [0.25, 0.3) is 0 Å². The first-order chi connectivity index (χ1) is 18.0. The van der Waals surface area contributed by atoms with E-state index in [0.29, 0.717) is 30.3 Å². The molecule has 1 aromatic heterocycles. The predicted octanol–water partition coefficient (Wildman–Crippen LogP) is 4.63. The number of anilines is 4. The normalized spacial score (nSPS) is 22.1. The van der Waals surface area contributed by atoms with Gasteiger partial charge in [0.1, 0.15) is 17.5 Å². The van der Waals surface area contributed by atoms with Crippen LogP contribution in [0.3, 0.4) is 0 Å². The first-order valence-electron chi connectivity index (χ1n) is 13.7. The monoisotopic (exact) mass is 504 g/mol. The number of amides is 2. The van der Waals surface area contributed by atoms with Crippen molar-refractivity contribution in [1.82, 2.24) is 14.9 Å². The van der Waals surface area contributed by atoms with Crippen molar-refractivity contribution in [2.24, 2.45) is 0 Å².